The van der Waals surface area contributed by atoms with Crippen molar-refractivity contribution >= 4 is 27.4 Å². The number of nitrogens with one attached hydrogen (secondary N) is 1. The van der Waals surface area contributed by atoms with Crippen molar-refractivity contribution in [2.45, 2.75) is 26.0 Å². The van der Waals surface area contributed by atoms with E-state index in [1.807, 2.05) is 0 Å². The zero-order valence-electron chi connectivity index (χ0n) is 12.6. The molecule has 0 aliphatic carbocycles. The fourth-order valence-electron chi connectivity index (χ4n) is 1.55. The van der Waals surface area contributed by atoms with Gasteiger partial charge in [0, 0.05) is 5.69 Å². The number of aryl methyl sites for hydroxylation is 1. The lowest BCUT2D eigenvalue weighted by Gasteiger charge is -2.12. The average Bonchev–Trinajstić information content (AvgIpc) is 2.38. The first-order chi connectivity index (χ1) is 10.1. The number of benzene rings is 1. The molecule has 0 saturated heterocycles. The second-order valence-electron chi connectivity index (χ2n) is 5.06. The van der Waals surface area contributed by atoms with Crippen molar-refractivity contribution < 1.29 is 27.9 Å². The Morgan fingerprint density at radius 3 is 2.45 bits per heavy atom. The smallest absolute Gasteiger partial charge is 0.341 e. The van der Waals surface area contributed by atoms with E-state index in [2.05, 4.69) is 5.32 Å². The van der Waals surface area contributed by atoms with Crippen LogP contribution in [0.1, 0.15) is 19.4 Å². The Morgan fingerprint density at radius 2 is 1.95 bits per heavy atom. The summed E-state index contributed by atoms with van der Waals surface area (Å²) in [4.78, 5) is 22.2. The molecule has 0 bridgehead atoms. The first kappa shape index (κ1) is 18.0. The minimum absolute atomic E-state index is 0.354. The van der Waals surface area contributed by atoms with Crippen molar-refractivity contribution in [2.75, 3.05) is 17.7 Å². The number of carboxylic acids is 1. The van der Waals surface area contributed by atoms with Crippen molar-refractivity contribution in [3.8, 4) is 5.75 Å². The van der Waals surface area contributed by atoms with Gasteiger partial charge in [0.15, 0.2) is 16.4 Å². The summed E-state index contributed by atoms with van der Waals surface area (Å²) in [5, 5.41) is 10.4. The molecule has 1 aromatic rings. The van der Waals surface area contributed by atoms with Gasteiger partial charge >= 0.3 is 5.97 Å². The van der Waals surface area contributed by atoms with Gasteiger partial charge in [-0.15, -0.1) is 0 Å². The van der Waals surface area contributed by atoms with Crippen molar-refractivity contribution in [1.82, 2.24) is 0 Å². The van der Waals surface area contributed by atoms with Crippen LogP contribution < -0.4 is 10.1 Å². The van der Waals surface area contributed by atoms with Gasteiger partial charge in [-0.2, -0.15) is 0 Å². The van der Waals surface area contributed by atoms with Crippen LogP contribution in [0.4, 0.5) is 5.69 Å². The van der Waals surface area contributed by atoms with E-state index >= 15 is 0 Å². The topological polar surface area (TPSA) is 110 Å². The molecule has 1 rings (SSSR count). The van der Waals surface area contributed by atoms with Crippen molar-refractivity contribution in [1.29, 1.82) is 0 Å². The van der Waals surface area contributed by atoms with Crippen LogP contribution >= 0.6 is 0 Å². The number of anilines is 1. The number of amides is 1. The highest BCUT2D eigenvalue weighted by Gasteiger charge is 2.21. The van der Waals surface area contributed by atoms with Crippen LogP contribution in [0.5, 0.6) is 5.75 Å². The Labute approximate surface area is 129 Å². The Balaban J connectivity index is 2.74. The summed E-state index contributed by atoms with van der Waals surface area (Å²) in [7, 11) is -3.46. The second kappa shape index (κ2) is 7.26. The number of hydrogen-bond acceptors (Lipinski definition) is 5. The molecule has 1 amide bonds. The minimum Gasteiger partial charge on any atom is -0.482 e. The predicted molar refractivity (Wildman–Crippen MR) is 81.9 cm³/mol. The Bertz CT molecular complexity index is 666. The highest BCUT2D eigenvalue weighted by molar-refractivity contribution is 7.92. The standard InChI is InChI=1S/C14H19NO6S/c1-9(2)22(19,20)8-13(16)15-12-5-4-11(6-10(12)3)21-7-14(17)18/h4-6,9H,7-8H2,1-3H3,(H,15,16)(H,17,18). The molecule has 0 aliphatic rings. The zero-order valence-corrected chi connectivity index (χ0v) is 13.4. The number of ether oxygens (including phenoxy) is 1. The molecule has 0 saturated carbocycles. The Hall–Kier alpha value is -2.09. The third kappa shape index (κ3) is 5.36. The summed E-state index contributed by atoms with van der Waals surface area (Å²) in [6.45, 7) is 4.27. The van der Waals surface area contributed by atoms with Gasteiger partial charge < -0.3 is 15.2 Å². The van der Waals surface area contributed by atoms with Gasteiger partial charge in [-0.05, 0) is 44.5 Å². The van der Waals surface area contributed by atoms with Crippen molar-refractivity contribution in [3.05, 3.63) is 23.8 Å². The van der Waals surface area contributed by atoms with E-state index in [0.29, 0.717) is 17.0 Å². The summed E-state index contributed by atoms with van der Waals surface area (Å²) in [5.74, 6) is -1.93. The maximum absolute atomic E-state index is 11.8. The lowest BCUT2D eigenvalue weighted by Crippen LogP contribution is -2.28. The van der Waals surface area contributed by atoms with Gasteiger partial charge in [-0.25, -0.2) is 13.2 Å². The molecule has 0 radical (unpaired) electrons. The predicted octanol–water partition coefficient (Wildman–Crippen LogP) is 1.22. The van der Waals surface area contributed by atoms with Gasteiger partial charge in [0.25, 0.3) is 0 Å². The van der Waals surface area contributed by atoms with E-state index in [1.165, 1.54) is 26.0 Å². The number of sulfone groups is 1. The highest BCUT2D eigenvalue weighted by Crippen LogP contribution is 2.21. The number of rotatable bonds is 7. The van der Waals surface area contributed by atoms with Crippen LogP contribution in [0.25, 0.3) is 0 Å². The van der Waals surface area contributed by atoms with E-state index in [0.717, 1.165) is 0 Å². The van der Waals surface area contributed by atoms with Crippen molar-refractivity contribution in [2.24, 2.45) is 0 Å². The molecule has 0 atom stereocenters. The molecule has 122 valence electrons. The summed E-state index contributed by atoms with van der Waals surface area (Å²) in [6.07, 6.45) is 0. The van der Waals surface area contributed by atoms with Gasteiger partial charge in [-0.1, -0.05) is 0 Å². The SMILES string of the molecule is Cc1cc(OCC(=O)O)ccc1NC(=O)CS(=O)(=O)C(C)C. The third-order valence-electron chi connectivity index (χ3n) is 2.88. The molecular weight excluding hydrogens is 310 g/mol. The van der Waals surface area contributed by atoms with Gasteiger partial charge in [0.2, 0.25) is 5.91 Å². The largest absolute Gasteiger partial charge is 0.482 e. The number of carboxylic acid groups (broad SMARTS) is 1. The first-order valence-corrected chi connectivity index (χ1v) is 8.30. The number of carbonyl (C=O) groups excluding carboxylic acids is 1. The zero-order chi connectivity index (χ0) is 16.9. The molecule has 0 aliphatic heterocycles. The number of aliphatic carboxylic acids is 1. The lowest BCUT2D eigenvalue weighted by molar-refractivity contribution is -0.139. The maximum atomic E-state index is 11.8. The number of hydrogen-bond donors (Lipinski definition) is 2. The molecule has 8 heteroatoms. The fraction of sp³-hybridized carbons (Fsp3) is 0.429. The second-order valence-corrected chi connectivity index (χ2v) is 7.62. The maximum Gasteiger partial charge on any atom is 0.341 e. The van der Waals surface area contributed by atoms with E-state index in [-0.39, 0.29) is 0 Å². The normalized spacial score (nSPS) is 11.3. The average molecular weight is 329 g/mol. The summed E-state index contributed by atoms with van der Waals surface area (Å²) < 4.78 is 28.4. The van der Waals surface area contributed by atoms with Crippen molar-refractivity contribution in [3.63, 3.8) is 0 Å². The molecule has 2 N–H and O–H groups in total. The van der Waals surface area contributed by atoms with E-state index in [4.69, 9.17) is 9.84 Å². The lowest BCUT2D eigenvalue weighted by atomic mass is 10.2. The quantitative estimate of drug-likeness (QED) is 0.778. The van der Waals surface area contributed by atoms with Crippen LogP contribution in [0.15, 0.2) is 18.2 Å². The highest BCUT2D eigenvalue weighted by atomic mass is 32.2. The fourth-order valence-corrected chi connectivity index (χ4v) is 2.32. The van der Waals surface area contributed by atoms with Gasteiger partial charge in [0.05, 0.1) is 5.25 Å². The monoisotopic (exact) mass is 329 g/mol. The van der Waals surface area contributed by atoms with E-state index in [9.17, 15) is 18.0 Å². The Morgan fingerprint density at radius 1 is 1.32 bits per heavy atom. The van der Waals surface area contributed by atoms with Crippen LogP contribution in [-0.4, -0.2) is 43.0 Å². The number of carbonyl (C=O) groups is 2. The van der Waals surface area contributed by atoms with Gasteiger partial charge in [0.1, 0.15) is 11.5 Å². The summed E-state index contributed by atoms with van der Waals surface area (Å²) in [6, 6.07) is 4.60. The third-order valence-corrected chi connectivity index (χ3v) is 4.99. The van der Waals surface area contributed by atoms with E-state index < -0.39 is 39.3 Å². The van der Waals surface area contributed by atoms with Crippen LogP contribution in [0.2, 0.25) is 0 Å². The van der Waals surface area contributed by atoms with Crippen LogP contribution in [0.3, 0.4) is 0 Å². The molecule has 1 aromatic carbocycles. The molecule has 0 aromatic heterocycles. The summed E-state index contributed by atoms with van der Waals surface area (Å²) in [5.41, 5.74) is 1.09. The summed E-state index contributed by atoms with van der Waals surface area (Å²) >= 11 is 0. The molecule has 0 spiro atoms. The molecular formula is C14H19NO6S. The Kier molecular flexibility index (Phi) is 5.92. The van der Waals surface area contributed by atoms with Gasteiger partial charge in [-0.3, -0.25) is 4.79 Å². The van der Waals surface area contributed by atoms with Crippen LogP contribution in [-0.2, 0) is 19.4 Å². The molecule has 0 unspecified atom stereocenters. The van der Waals surface area contributed by atoms with Crippen LogP contribution in [0, 0.1) is 6.92 Å². The van der Waals surface area contributed by atoms with E-state index in [1.54, 1.807) is 13.0 Å². The molecule has 0 fully saturated rings. The molecule has 22 heavy (non-hydrogen) atoms. The molecule has 7 nitrogen and oxygen atoms in total. The molecule has 0 heterocycles. The minimum atomic E-state index is -3.46. The first-order valence-electron chi connectivity index (χ1n) is 6.58.